The van der Waals surface area contributed by atoms with Gasteiger partial charge < -0.3 is 14.8 Å². The molecule has 1 aromatic heterocycles. The smallest absolute Gasteiger partial charge is 0.259 e. The maximum absolute atomic E-state index is 13.5. The number of aryl methyl sites for hydroxylation is 1. The van der Waals surface area contributed by atoms with Gasteiger partial charge in [-0.05, 0) is 31.2 Å². The number of hydrogen-bond acceptors (Lipinski definition) is 3. The van der Waals surface area contributed by atoms with Crippen molar-refractivity contribution in [2.24, 2.45) is 0 Å². The highest BCUT2D eigenvalue weighted by molar-refractivity contribution is 6.04. The molecule has 0 saturated carbocycles. The molecule has 0 atom stereocenters. The summed E-state index contributed by atoms with van der Waals surface area (Å²) in [6, 6.07) is 5.61. The third-order valence-electron chi connectivity index (χ3n) is 2.63. The molecule has 5 heteroatoms. The number of amides is 1. The Morgan fingerprint density at radius 3 is 2.90 bits per heavy atom. The average Bonchev–Trinajstić information content (AvgIpc) is 2.85. The Hall–Kier alpha value is -2.58. The summed E-state index contributed by atoms with van der Waals surface area (Å²) in [4.78, 5) is 12.0. The molecule has 20 heavy (non-hydrogen) atoms. The van der Waals surface area contributed by atoms with E-state index in [-0.39, 0.29) is 18.1 Å². The van der Waals surface area contributed by atoms with Crippen LogP contribution in [0.5, 0.6) is 0 Å². The van der Waals surface area contributed by atoms with Gasteiger partial charge in [-0.25, -0.2) is 4.39 Å². The van der Waals surface area contributed by atoms with E-state index < -0.39 is 5.82 Å². The quantitative estimate of drug-likeness (QED) is 0.825. The molecular weight excluding hydrogens is 261 g/mol. The number of aliphatic hydroxyl groups is 1. The summed E-state index contributed by atoms with van der Waals surface area (Å²) in [5.41, 5.74) is 0.942. The Kier molecular flexibility index (Phi) is 4.18. The van der Waals surface area contributed by atoms with Crippen LogP contribution in [0.25, 0.3) is 0 Å². The van der Waals surface area contributed by atoms with E-state index in [1.165, 1.54) is 24.5 Å². The summed E-state index contributed by atoms with van der Waals surface area (Å²) in [7, 11) is 0. The molecule has 2 rings (SSSR count). The molecule has 2 N–H and O–H groups in total. The Morgan fingerprint density at radius 1 is 1.45 bits per heavy atom. The normalized spacial score (nSPS) is 9.75. The molecule has 0 fully saturated rings. The Bertz CT molecular complexity index is 695. The molecule has 0 aliphatic carbocycles. The molecule has 102 valence electrons. The Morgan fingerprint density at radius 2 is 2.25 bits per heavy atom. The van der Waals surface area contributed by atoms with Gasteiger partial charge in [-0.2, -0.15) is 0 Å². The minimum Gasteiger partial charge on any atom is -0.469 e. The van der Waals surface area contributed by atoms with Gasteiger partial charge in [0, 0.05) is 5.69 Å². The first-order chi connectivity index (χ1) is 9.61. The zero-order valence-electron chi connectivity index (χ0n) is 10.7. The molecular formula is C15H12FNO3. The molecule has 4 nitrogen and oxygen atoms in total. The average molecular weight is 273 g/mol. The molecule has 0 spiro atoms. The SMILES string of the molecule is Cc1occc1C(=O)Nc1ccc(F)c(C#CCO)c1. The van der Waals surface area contributed by atoms with Crippen molar-refractivity contribution in [3.05, 3.63) is 53.2 Å². The molecule has 0 aliphatic heterocycles. The topological polar surface area (TPSA) is 62.5 Å². The second kappa shape index (κ2) is 6.04. The number of carbonyl (C=O) groups excluding carboxylic acids is 1. The number of carbonyl (C=O) groups is 1. The monoisotopic (exact) mass is 273 g/mol. The van der Waals surface area contributed by atoms with Crippen molar-refractivity contribution in [2.75, 3.05) is 11.9 Å². The van der Waals surface area contributed by atoms with Crippen molar-refractivity contribution >= 4 is 11.6 Å². The van der Waals surface area contributed by atoms with Crippen LogP contribution in [0.1, 0.15) is 21.7 Å². The number of furan rings is 1. The second-order valence-electron chi connectivity index (χ2n) is 4.00. The maximum Gasteiger partial charge on any atom is 0.259 e. The molecule has 0 saturated heterocycles. The van der Waals surface area contributed by atoms with Gasteiger partial charge in [0.05, 0.1) is 17.4 Å². The van der Waals surface area contributed by atoms with Crippen LogP contribution < -0.4 is 5.32 Å². The van der Waals surface area contributed by atoms with Gasteiger partial charge in [-0.15, -0.1) is 0 Å². The predicted molar refractivity (Wildman–Crippen MR) is 71.8 cm³/mol. The van der Waals surface area contributed by atoms with E-state index in [1.54, 1.807) is 13.0 Å². The number of aliphatic hydroxyl groups excluding tert-OH is 1. The molecule has 0 bridgehead atoms. The van der Waals surface area contributed by atoms with Gasteiger partial charge in [0.2, 0.25) is 0 Å². The minimum absolute atomic E-state index is 0.112. The van der Waals surface area contributed by atoms with Gasteiger partial charge in [-0.3, -0.25) is 4.79 Å². The van der Waals surface area contributed by atoms with Crippen molar-refractivity contribution in [3.8, 4) is 11.8 Å². The van der Waals surface area contributed by atoms with Crippen molar-refractivity contribution in [2.45, 2.75) is 6.92 Å². The van der Waals surface area contributed by atoms with E-state index in [9.17, 15) is 9.18 Å². The molecule has 2 aromatic rings. The van der Waals surface area contributed by atoms with Crippen LogP contribution >= 0.6 is 0 Å². The van der Waals surface area contributed by atoms with Crippen LogP contribution in [0, 0.1) is 24.6 Å². The minimum atomic E-state index is -0.511. The van der Waals surface area contributed by atoms with E-state index in [0.29, 0.717) is 17.0 Å². The second-order valence-corrected chi connectivity index (χ2v) is 4.00. The number of anilines is 1. The standard InChI is InChI=1S/C15H12FNO3/c1-10-13(6-8-20-10)15(19)17-12-4-5-14(16)11(9-12)3-2-7-18/h4-6,8-9,18H,7H2,1H3,(H,17,19). The van der Waals surface area contributed by atoms with E-state index >= 15 is 0 Å². The number of halogens is 1. The van der Waals surface area contributed by atoms with E-state index in [4.69, 9.17) is 9.52 Å². The summed E-state index contributed by atoms with van der Waals surface area (Å²) in [5, 5.41) is 11.2. The van der Waals surface area contributed by atoms with Gasteiger partial charge in [0.15, 0.2) is 0 Å². The number of hydrogen-bond donors (Lipinski definition) is 2. The van der Waals surface area contributed by atoms with Gasteiger partial charge in [0.1, 0.15) is 18.2 Å². The van der Waals surface area contributed by atoms with Crippen LogP contribution in [0.4, 0.5) is 10.1 Å². The number of rotatable bonds is 2. The highest BCUT2D eigenvalue weighted by Gasteiger charge is 2.12. The molecule has 1 amide bonds. The molecule has 0 unspecified atom stereocenters. The van der Waals surface area contributed by atoms with E-state index in [1.807, 2.05) is 0 Å². The highest BCUT2D eigenvalue weighted by atomic mass is 19.1. The molecule has 0 aliphatic rings. The zero-order valence-corrected chi connectivity index (χ0v) is 10.7. The lowest BCUT2D eigenvalue weighted by Crippen LogP contribution is -2.12. The van der Waals surface area contributed by atoms with Crippen LogP contribution in [0.3, 0.4) is 0 Å². The van der Waals surface area contributed by atoms with Crippen LogP contribution in [-0.4, -0.2) is 17.6 Å². The fraction of sp³-hybridized carbons (Fsp3) is 0.133. The first-order valence-electron chi connectivity index (χ1n) is 5.86. The lowest BCUT2D eigenvalue weighted by atomic mass is 10.1. The fourth-order valence-electron chi connectivity index (χ4n) is 1.65. The lowest BCUT2D eigenvalue weighted by Gasteiger charge is -2.05. The van der Waals surface area contributed by atoms with Crippen LogP contribution in [0.2, 0.25) is 0 Å². The zero-order chi connectivity index (χ0) is 14.5. The summed E-state index contributed by atoms with van der Waals surface area (Å²) < 4.78 is 18.5. The molecule has 1 aromatic carbocycles. The van der Waals surface area contributed by atoms with Crippen molar-refractivity contribution < 1.29 is 18.7 Å². The first-order valence-corrected chi connectivity index (χ1v) is 5.86. The molecule has 1 heterocycles. The summed E-state index contributed by atoms with van der Waals surface area (Å²) in [6.45, 7) is 1.32. The maximum atomic E-state index is 13.5. The van der Waals surface area contributed by atoms with Crippen molar-refractivity contribution in [1.29, 1.82) is 0 Å². The Balaban J connectivity index is 2.22. The molecule has 0 radical (unpaired) electrons. The van der Waals surface area contributed by atoms with Gasteiger partial charge in [0.25, 0.3) is 5.91 Å². The third-order valence-corrected chi connectivity index (χ3v) is 2.63. The predicted octanol–water partition coefficient (Wildman–Crippen LogP) is 2.32. The largest absolute Gasteiger partial charge is 0.469 e. The first kappa shape index (κ1) is 13.8. The van der Waals surface area contributed by atoms with Crippen LogP contribution in [0.15, 0.2) is 34.9 Å². The summed E-state index contributed by atoms with van der Waals surface area (Å²) >= 11 is 0. The van der Waals surface area contributed by atoms with E-state index in [0.717, 1.165) is 0 Å². The highest BCUT2D eigenvalue weighted by Crippen LogP contribution is 2.16. The van der Waals surface area contributed by atoms with Crippen molar-refractivity contribution in [1.82, 2.24) is 0 Å². The van der Waals surface area contributed by atoms with Crippen molar-refractivity contribution in [3.63, 3.8) is 0 Å². The van der Waals surface area contributed by atoms with Crippen LogP contribution in [-0.2, 0) is 0 Å². The van der Waals surface area contributed by atoms with E-state index in [2.05, 4.69) is 17.2 Å². The lowest BCUT2D eigenvalue weighted by molar-refractivity contribution is 0.102. The third kappa shape index (κ3) is 3.05. The van der Waals surface area contributed by atoms with Gasteiger partial charge >= 0.3 is 0 Å². The Labute approximate surface area is 115 Å². The summed E-state index contributed by atoms with van der Waals surface area (Å²) in [6.07, 6.45) is 1.42. The fourth-order valence-corrected chi connectivity index (χ4v) is 1.65. The number of nitrogens with one attached hydrogen (secondary N) is 1. The number of benzene rings is 1. The van der Waals surface area contributed by atoms with Gasteiger partial charge in [-0.1, -0.05) is 11.8 Å². The summed E-state index contributed by atoms with van der Waals surface area (Å²) in [5.74, 6) is 4.49.